The van der Waals surface area contributed by atoms with Crippen LogP contribution in [0.4, 0.5) is 13.2 Å². The maximum absolute atomic E-state index is 12.8. The highest BCUT2D eigenvalue weighted by Crippen LogP contribution is 2.30. The highest BCUT2D eigenvalue weighted by molar-refractivity contribution is 7.18. The molecule has 2 aliphatic heterocycles. The fourth-order valence-electron chi connectivity index (χ4n) is 4.75. The molecule has 0 amide bonds. The lowest BCUT2D eigenvalue weighted by Gasteiger charge is -2.40. The first-order valence-electron chi connectivity index (χ1n) is 12.2. The van der Waals surface area contributed by atoms with Crippen molar-refractivity contribution in [3.05, 3.63) is 58.6 Å². The number of nitrogens with zero attached hydrogens (tertiary/aromatic N) is 4. The van der Waals surface area contributed by atoms with Gasteiger partial charge in [0, 0.05) is 45.2 Å². The van der Waals surface area contributed by atoms with Gasteiger partial charge in [-0.15, -0.1) is 11.3 Å². The van der Waals surface area contributed by atoms with Gasteiger partial charge in [-0.05, 0) is 43.7 Å². The lowest BCUT2D eigenvalue weighted by Crippen LogP contribution is -2.56. The number of benzene rings is 2. The molecule has 0 bridgehead atoms. The minimum Gasteiger partial charge on any atom is -0.472 e. The number of alkyl halides is 3. The number of hydrogen-bond acceptors (Lipinski definition) is 8. The van der Waals surface area contributed by atoms with Crippen molar-refractivity contribution in [2.24, 2.45) is 5.16 Å². The molecule has 0 radical (unpaired) electrons. The molecule has 3 aromatic rings. The first-order chi connectivity index (χ1) is 17.7. The van der Waals surface area contributed by atoms with E-state index in [1.165, 1.54) is 12.1 Å². The topological polar surface area (TPSA) is 70.4 Å². The lowest BCUT2D eigenvalue weighted by molar-refractivity contribution is -0.137. The standard InChI is InChI=1S/C26H29F3N4O3S/c1-16(34)25(35-20-7-8-24-23(13-20)30-17(2)37-24)33-11-9-32(10-12-33)15-21-14-22(31-36-21)18-3-5-19(6-4-18)26(27,28)29/h3-8,13,16,21,25,34H,9-12,14-15H2,1-2H3. The van der Waals surface area contributed by atoms with Crippen LogP contribution in [0.5, 0.6) is 5.75 Å². The molecule has 1 N–H and O–H groups in total. The summed E-state index contributed by atoms with van der Waals surface area (Å²) in [4.78, 5) is 14.5. The highest BCUT2D eigenvalue weighted by atomic mass is 32.1. The van der Waals surface area contributed by atoms with Crippen LogP contribution in [0.15, 0.2) is 47.6 Å². The summed E-state index contributed by atoms with van der Waals surface area (Å²) < 4.78 is 45.8. The molecule has 0 saturated carbocycles. The average Bonchev–Trinajstić information content (AvgIpc) is 3.48. The van der Waals surface area contributed by atoms with Gasteiger partial charge in [0.1, 0.15) is 18.0 Å². The molecule has 1 fully saturated rings. The number of rotatable bonds is 7. The van der Waals surface area contributed by atoms with E-state index in [0.29, 0.717) is 43.1 Å². The van der Waals surface area contributed by atoms with Gasteiger partial charge in [0.05, 0.1) is 26.5 Å². The smallest absolute Gasteiger partial charge is 0.416 e. The first kappa shape index (κ1) is 25.9. The summed E-state index contributed by atoms with van der Waals surface area (Å²) in [5.74, 6) is 0.679. The number of hydrogen-bond donors (Lipinski definition) is 1. The normalized spacial score (nSPS) is 21.0. The minimum absolute atomic E-state index is 0.152. The van der Waals surface area contributed by atoms with Gasteiger partial charge in [-0.25, -0.2) is 4.98 Å². The van der Waals surface area contributed by atoms with E-state index in [-0.39, 0.29) is 6.10 Å². The summed E-state index contributed by atoms with van der Waals surface area (Å²) >= 11 is 1.64. The number of thiazole rings is 1. The Kier molecular flexibility index (Phi) is 7.39. The second-order valence-corrected chi connectivity index (χ2v) is 10.7. The third-order valence-electron chi connectivity index (χ3n) is 6.64. The Morgan fingerprint density at radius 3 is 2.54 bits per heavy atom. The van der Waals surface area contributed by atoms with Gasteiger partial charge in [0.15, 0.2) is 6.23 Å². The van der Waals surface area contributed by atoms with Crippen molar-refractivity contribution in [1.29, 1.82) is 0 Å². The van der Waals surface area contributed by atoms with Gasteiger partial charge in [-0.2, -0.15) is 13.2 Å². The van der Waals surface area contributed by atoms with Crippen LogP contribution in [0.2, 0.25) is 0 Å². The van der Waals surface area contributed by atoms with E-state index in [4.69, 9.17) is 9.57 Å². The Bertz CT molecular complexity index is 1250. The van der Waals surface area contributed by atoms with Gasteiger partial charge in [0.25, 0.3) is 0 Å². The van der Waals surface area contributed by atoms with Crippen molar-refractivity contribution >= 4 is 27.3 Å². The molecule has 37 heavy (non-hydrogen) atoms. The largest absolute Gasteiger partial charge is 0.472 e. The number of fused-ring (bicyclic) bond motifs is 1. The lowest BCUT2D eigenvalue weighted by atomic mass is 10.0. The molecule has 0 aliphatic carbocycles. The summed E-state index contributed by atoms with van der Waals surface area (Å²) in [6.07, 6.45) is -5.12. The fourth-order valence-corrected chi connectivity index (χ4v) is 5.56. The molecule has 3 atom stereocenters. The van der Waals surface area contributed by atoms with Crippen molar-refractivity contribution in [3.8, 4) is 5.75 Å². The summed E-state index contributed by atoms with van der Waals surface area (Å²) in [6.45, 7) is 7.34. The van der Waals surface area contributed by atoms with Crippen LogP contribution in [-0.4, -0.2) is 76.8 Å². The molecule has 0 spiro atoms. The second-order valence-electron chi connectivity index (χ2n) is 9.49. The molecule has 3 heterocycles. The number of aliphatic hydroxyl groups is 1. The van der Waals surface area contributed by atoms with Crippen molar-refractivity contribution in [3.63, 3.8) is 0 Å². The fraction of sp³-hybridized carbons (Fsp3) is 0.462. The summed E-state index contributed by atoms with van der Waals surface area (Å²) in [7, 11) is 0. The van der Waals surface area contributed by atoms with Crippen LogP contribution in [0.1, 0.15) is 29.5 Å². The van der Waals surface area contributed by atoms with Crippen LogP contribution in [0.25, 0.3) is 10.2 Å². The molecule has 11 heteroatoms. The summed E-state index contributed by atoms with van der Waals surface area (Å²) in [5.41, 5.74) is 1.52. The van der Waals surface area contributed by atoms with Crippen molar-refractivity contribution < 1.29 is 27.9 Å². The number of aromatic nitrogens is 1. The van der Waals surface area contributed by atoms with Gasteiger partial charge < -0.3 is 14.7 Å². The molecule has 1 saturated heterocycles. The maximum atomic E-state index is 12.8. The van der Waals surface area contributed by atoms with Crippen molar-refractivity contribution in [2.45, 2.75) is 44.9 Å². The van der Waals surface area contributed by atoms with Crippen molar-refractivity contribution in [2.75, 3.05) is 32.7 Å². The Balaban J connectivity index is 1.12. The first-order valence-corrected chi connectivity index (χ1v) is 13.1. The SMILES string of the molecule is Cc1nc2cc(OC(C(C)O)N3CCN(CC4CC(c5ccc(C(F)(F)F)cc5)=NO4)CC3)ccc2s1. The summed E-state index contributed by atoms with van der Waals surface area (Å²) in [6, 6.07) is 10.8. The highest BCUT2D eigenvalue weighted by Gasteiger charge is 2.32. The van der Waals surface area contributed by atoms with E-state index in [1.54, 1.807) is 18.3 Å². The van der Waals surface area contributed by atoms with Gasteiger partial charge in [-0.3, -0.25) is 9.80 Å². The molecule has 2 aromatic carbocycles. The molecule has 1 aromatic heterocycles. The third kappa shape index (κ3) is 6.06. The molecule has 198 valence electrons. The van der Waals surface area contributed by atoms with E-state index in [9.17, 15) is 18.3 Å². The predicted octanol–water partition coefficient (Wildman–Crippen LogP) is 4.52. The number of ether oxygens (including phenoxy) is 1. The number of oxime groups is 1. The van der Waals surface area contributed by atoms with E-state index in [0.717, 1.165) is 40.4 Å². The van der Waals surface area contributed by atoms with Crippen LogP contribution in [-0.2, 0) is 11.0 Å². The monoisotopic (exact) mass is 534 g/mol. The Morgan fingerprint density at radius 2 is 1.86 bits per heavy atom. The van der Waals surface area contributed by atoms with E-state index in [2.05, 4.69) is 19.9 Å². The predicted molar refractivity (Wildman–Crippen MR) is 136 cm³/mol. The van der Waals surface area contributed by atoms with Gasteiger partial charge in [0.2, 0.25) is 0 Å². The van der Waals surface area contributed by atoms with Crippen LogP contribution in [0.3, 0.4) is 0 Å². The zero-order chi connectivity index (χ0) is 26.2. The molecule has 7 nitrogen and oxygen atoms in total. The zero-order valence-electron chi connectivity index (χ0n) is 20.6. The molecule has 5 rings (SSSR count). The van der Waals surface area contributed by atoms with Crippen LogP contribution in [0, 0.1) is 6.92 Å². The Morgan fingerprint density at radius 1 is 1.14 bits per heavy atom. The van der Waals surface area contributed by atoms with Crippen LogP contribution < -0.4 is 4.74 Å². The minimum atomic E-state index is -4.36. The number of halogens is 3. The van der Waals surface area contributed by atoms with Crippen LogP contribution >= 0.6 is 11.3 Å². The van der Waals surface area contributed by atoms with Gasteiger partial charge >= 0.3 is 6.18 Å². The Labute approximate surface area is 217 Å². The molecular formula is C26H29F3N4O3S. The Hall–Kier alpha value is -2.73. The van der Waals surface area contributed by atoms with E-state index < -0.39 is 24.1 Å². The molecule has 2 aliphatic rings. The van der Waals surface area contributed by atoms with E-state index >= 15 is 0 Å². The number of aliphatic hydroxyl groups excluding tert-OH is 1. The van der Waals surface area contributed by atoms with E-state index in [1.807, 2.05) is 25.1 Å². The molecule has 3 unspecified atom stereocenters. The number of aryl methyl sites for hydroxylation is 1. The average molecular weight is 535 g/mol. The maximum Gasteiger partial charge on any atom is 0.416 e. The third-order valence-corrected chi connectivity index (χ3v) is 7.59. The van der Waals surface area contributed by atoms with Gasteiger partial charge in [-0.1, -0.05) is 17.3 Å². The van der Waals surface area contributed by atoms with Crippen molar-refractivity contribution in [1.82, 2.24) is 14.8 Å². The summed E-state index contributed by atoms with van der Waals surface area (Å²) in [5, 5.41) is 15.6. The zero-order valence-corrected chi connectivity index (χ0v) is 21.4. The number of piperazine rings is 1. The molecular weight excluding hydrogens is 505 g/mol. The second kappa shape index (κ2) is 10.6. The quantitative estimate of drug-likeness (QED) is 0.481.